The summed E-state index contributed by atoms with van der Waals surface area (Å²) in [6, 6.07) is 0. The van der Waals surface area contributed by atoms with E-state index in [-0.39, 0.29) is 0 Å². The molecular formula is C11H18BrN3. The monoisotopic (exact) mass is 271 g/mol. The molecule has 0 amide bonds. The average molecular weight is 272 g/mol. The number of halogens is 1. The molecule has 0 atom stereocenters. The third-order valence-electron chi connectivity index (χ3n) is 3.06. The zero-order chi connectivity index (χ0) is 10.9. The third-order valence-corrected chi connectivity index (χ3v) is 4.25. The summed E-state index contributed by atoms with van der Waals surface area (Å²) in [4.78, 5) is 2.39. The fraction of sp³-hybridized carbons (Fsp3) is 0.727. The Bertz CT molecular complexity index is 330. The fourth-order valence-electron chi connectivity index (χ4n) is 2.00. The van der Waals surface area contributed by atoms with Crippen LogP contribution in [0.5, 0.6) is 0 Å². The Kier molecular flexibility index (Phi) is 3.16. The first-order valence-corrected chi connectivity index (χ1v) is 6.48. The number of aryl methyl sites for hydroxylation is 1. The van der Waals surface area contributed by atoms with Crippen molar-refractivity contribution in [3.63, 3.8) is 0 Å². The van der Waals surface area contributed by atoms with Gasteiger partial charge >= 0.3 is 0 Å². The van der Waals surface area contributed by atoms with Crippen LogP contribution in [-0.2, 0) is 13.6 Å². The summed E-state index contributed by atoms with van der Waals surface area (Å²) >= 11 is 3.61. The second-order valence-corrected chi connectivity index (χ2v) is 5.39. The number of hydrogen-bond donors (Lipinski definition) is 0. The maximum Gasteiger partial charge on any atom is 0.0534 e. The van der Waals surface area contributed by atoms with Crippen LogP contribution < -0.4 is 0 Å². The van der Waals surface area contributed by atoms with Crippen molar-refractivity contribution in [2.45, 2.75) is 19.4 Å². The number of hydrogen-bond acceptors (Lipinski definition) is 2. The zero-order valence-electron chi connectivity index (χ0n) is 9.41. The highest BCUT2D eigenvalue weighted by Crippen LogP contribution is 2.47. The van der Waals surface area contributed by atoms with E-state index in [9.17, 15) is 0 Å². The summed E-state index contributed by atoms with van der Waals surface area (Å²) < 4.78 is 1.86. The lowest BCUT2D eigenvalue weighted by atomic mass is 10.1. The maximum absolute atomic E-state index is 4.18. The van der Waals surface area contributed by atoms with Gasteiger partial charge in [0.1, 0.15) is 0 Å². The van der Waals surface area contributed by atoms with Crippen LogP contribution in [0.2, 0.25) is 0 Å². The van der Waals surface area contributed by atoms with Crippen molar-refractivity contribution in [3.05, 3.63) is 18.0 Å². The largest absolute Gasteiger partial charge is 0.301 e. The minimum atomic E-state index is 0.566. The van der Waals surface area contributed by atoms with Crippen LogP contribution in [0.3, 0.4) is 0 Å². The average Bonchev–Trinajstić information content (AvgIpc) is 2.84. The number of rotatable bonds is 5. The van der Waals surface area contributed by atoms with Gasteiger partial charge in [-0.2, -0.15) is 5.10 Å². The molecule has 0 bridgehead atoms. The normalized spacial score (nSPS) is 18.4. The van der Waals surface area contributed by atoms with Crippen molar-refractivity contribution in [2.75, 3.05) is 18.9 Å². The Balaban J connectivity index is 1.84. The molecule has 0 spiro atoms. The zero-order valence-corrected chi connectivity index (χ0v) is 11.0. The first kappa shape index (κ1) is 11.1. The van der Waals surface area contributed by atoms with Gasteiger partial charge in [-0.3, -0.25) is 4.68 Å². The molecule has 1 aliphatic carbocycles. The summed E-state index contributed by atoms with van der Waals surface area (Å²) in [5.41, 5.74) is 1.86. The highest BCUT2D eigenvalue weighted by Gasteiger charge is 2.42. The molecule has 0 aliphatic heterocycles. The van der Waals surface area contributed by atoms with E-state index < -0.39 is 0 Å². The van der Waals surface area contributed by atoms with E-state index in [1.165, 1.54) is 24.9 Å². The summed E-state index contributed by atoms with van der Waals surface area (Å²) in [6.07, 6.45) is 6.78. The molecule has 3 nitrogen and oxygen atoms in total. The van der Waals surface area contributed by atoms with E-state index in [0.29, 0.717) is 5.41 Å². The van der Waals surface area contributed by atoms with E-state index in [2.05, 4.69) is 39.2 Å². The molecular weight excluding hydrogens is 254 g/mol. The Morgan fingerprint density at radius 1 is 1.60 bits per heavy atom. The van der Waals surface area contributed by atoms with Crippen molar-refractivity contribution in [2.24, 2.45) is 12.5 Å². The molecule has 0 unspecified atom stereocenters. The van der Waals surface area contributed by atoms with Gasteiger partial charge in [-0.15, -0.1) is 0 Å². The van der Waals surface area contributed by atoms with Crippen LogP contribution in [-0.4, -0.2) is 33.6 Å². The van der Waals surface area contributed by atoms with Gasteiger partial charge in [-0.1, -0.05) is 15.9 Å². The molecule has 2 rings (SSSR count). The second-order valence-electron chi connectivity index (χ2n) is 4.83. The van der Waals surface area contributed by atoms with Gasteiger partial charge in [0, 0.05) is 37.2 Å². The van der Waals surface area contributed by atoms with Crippen molar-refractivity contribution < 1.29 is 0 Å². The lowest BCUT2D eigenvalue weighted by Gasteiger charge is -2.21. The van der Waals surface area contributed by atoms with Gasteiger partial charge in [-0.05, 0) is 25.3 Å². The summed E-state index contributed by atoms with van der Waals surface area (Å²) in [5, 5.41) is 5.32. The van der Waals surface area contributed by atoms with E-state index in [0.717, 1.165) is 11.9 Å². The third kappa shape index (κ3) is 2.82. The molecule has 0 aromatic carbocycles. The summed E-state index contributed by atoms with van der Waals surface area (Å²) in [5.74, 6) is 0. The van der Waals surface area contributed by atoms with Crippen LogP contribution >= 0.6 is 15.9 Å². The molecule has 1 aliphatic rings. The van der Waals surface area contributed by atoms with E-state index in [1.54, 1.807) is 0 Å². The van der Waals surface area contributed by atoms with E-state index in [1.807, 2.05) is 17.9 Å². The fourth-order valence-corrected chi connectivity index (χ4v) is 2.74. The molecule has 1 aromatic heterocycles. The lowest BCUT2D eigenvalue weighted by molar-refractivity contribution is 0.271. The predicted octanol–water partition coefficient (Wildman–Crippen LogP) is 2.03. The number of nitrogens with zero attached hydrogens (tertiary/aromatic N) is 3. The van der Waals surface area contributed by atoms with Gasteiger partial charge in [0.2, 0.25) is 0 Å². The molecule has 0 radical (unpaired) electrons. The Hall–Kier alpha value is -0.350. The SMILES string of the molecule is CN(Cc1cnn(C)c1)CC1(CBr)CC1. The molecule has 0 N–H and O–H groups in total. The van der Waals surface area contributed by atoms with Crippen LogP contribution in [0.25, 0.3) is 0 Å². The highest BCUT2D eigenvalue weighted by molar-refractivity contribution is 9.09. The van der Waals surface area contributed by atoms with Crippen LogP contribution in [0, 0.1) is 5.41 Å². The molecule has 4 heteroatoms. The van der Waals surface area contributed by atoms with E-state index in [4.69, 9.17) is 0 Å². The number of alkyl halides is 1. The first-order chi connectivity index (χ1) is 7.13. The van der Waals surface area contributed by atoms with Gasteiger partial charge < -0.3 is 4.90 Å². The first-order valence-electron chi connectivity index (χ1n) is 5.36. The molecule has 1 saturated carbocycles. The van der Waals surface area contributed by atoms with Gasteiger partial charge in [-0.25, -0.2) is 0 Å². The van der Waals surface area contributed by atoms with E-state index >= 15 is 0 Å². The Morgan fingerprint density at radius 2 is 2.33 bits per heavy atom. The van der Waals surface area contributed by atoms with Crippen LogP contribution in [0.15, 0.2) is 12.4 Å². The van der Waals surface area contributed by atoms with Gasteiger partial charge in [0.25, 0.3) is 0 Å². The topological polar surface area (TPSA) is 21.1 Å². The van der Waals surface area contributed by atoms with Crippen LogP contribution in [0.4, 0.5) is 0 Å². The molecule has 15 heavy (non-hydrogen) atoms. The minimum absolute atomic E-state index is 0.566. The maximum atomic E-state index is 4.18. The summed E-state index contributed by atoms with van der Waals surface area (Å²) in [6.45, 7) is 2.19. The van der Waals surface area contributed by atoms with Crippen molar-refractivity contribution in [1.82, 2.24) is 14.7 Å². The van der Waals surface area contributed by atoms with Crippen molar-refractivity contribution in [1.29, 1.82) is 0 Å². The Morgan fingerprint density at radius 3 is 2.80 bits per heavy atom. The number of aromatic nitrogens is 2. The summed E-state index contributed by atoms with van der Waals surface area (Å²) in [7, 11) is 4.15. The lowest BCUT2D eigenvalue weighted by Crippen LogP contribution is -2.27. The van der Waals surface area contributed by atoms with Crippen molar-refractivity contribution >= 4 is 15.9 Å². The highest BCUT2D eigenvalue weighted by atomic mass is 79.9. The van der Waals surface area contributed by atoms with Gasteiger partial charge in [0.15, 0.2) is 0 Å². The molecule has 84 valence electrons. The second kappa shape index (κ2) is 4.26. The Labute approximate surface area is 99.6 Å². The van der Waals surface area contributed by atoms with Crippen LogP contribution in [0.1, 0.15) is 18.4 Å². The molecule has 1 fully saturated rings. The van der Waals surface area contributed by atoms with Crippen molar-refractivity contribution in [3.8, 4) is 0 Å². The molecule has 0 saturated heterocycles. The quantitative estimate of drug-likeness (QED) is 0.765. The molecule has 1 aromatic rings. The minimum Gasteiger partial charge on any atom is -0.301 e. The van der Waals surface area contributed by atoms with Gasteiger partial charge in [0.05, 0.1) is 6.20 Å². The molecule has 1 heterocycles. The smallest absolute Gasteiger partial charge is 0.0534 e. The standard InChI is InChI=1S/C11H18BrN3/c1-14(9-11(8-12)3-4-11)6-10-5-13-15(2)7-10/h5,7H,3-4,6,8-9H2,1-2H3. The predicted molar refractivity (Wildman–Crippen MR) is 65.0 cm³/mol.